The Morgan fingerprint density at radius 3 is 2.61 bits per heavy atom. The molecule has 1 aromatic heterocycles. The lowest BCUT2D eigenvalue weighted by Crippen LogP contribution is -2.32. The molecule has 0 aliphatic carbocycles. The van der Waals surface area contributed by atoms with Gasteiger partial charge in [0.2, 0.25) is 0 Å². The summed E-state index contributed by atoms with van der Waals surface area (Å²) in [6.45, 7) is 3.05. The molecule has 2 aromatic carbocycles. The minimum Gasteiger partial charge on any atom is -0.283 e. The van der Waals surface area contributed by atoms with Crippen molar-refractivity contribution in [1.82, 2.24) is 14.7 Å². The van der Waals surface area contributed by atoms with Crippen molar-refractivity contribution < 1.29 is 0 Å². The molecule has 4 nitrogen and oxygen atoms in total. The van der Waals surface area contributed by atoms with Crippen LogP contribution in [0.3, 0.4) is 0 Å². The maximum atomic E-state index is 12.6. The molecule has 118 valence electrons. The maximum absolute atomic E-state index is 12.6. The molecule has 3 aromatic rings. The van der Waals surface area contributed by atoms with Crippen molar-refractivity contribution in [3.63, 3.8) is 0 Å². The van der Waals surface area contributed by atoms with Crippen LogP contribution in [0.2, 0.25) is 5.02 Å². The first-order chi connectivity index (χ1) is 11.0. The summed E-state index contributed by atoms with van der Waals surface area (Å²) in [5.41, 5.74) is 1.89. The van der Waals surface area contributed by atoms with Crippen molar-refractivity contribution in [3.05, 3.63) is 75.2 Å². The van der Waals surface area contributed by atoms with Gasteiger partial charge in [0.15, 0.2) is 0 Å². The lowest BCUT2D eigenvalue weighted by Gasteiger charge is -2.18. The lowest BCUT2D eigenvalue weighted by atomic mass is 10.1. The summed E-state index contributed by atoms with van der Waals surface area (Å²) >= 11 is 6.01. The largest absolute Gasteiger partial charge is 0.283 e. The van der Waals surface area contributed by atoms with Crippen LogP contribution in [-0.4, -0.2) is 21.7 Å². The summed E-state index contributed by atoms with van der Waals surface area (Å²) in [7, 11) is 1.96. The molecule has 0 saturated carbocycles. The fraction of sp³-hybridized carbons (Fsp3) is 0.222. The highest BCUT2D eigenvalue weighted by Crippen LogP contribution is 2.14. The number of hydrogen-bond donors (Lipinski definition) is 0. The molecule has 0 atom stereocenters. The van der Waals surface area contributed by atoms with Crippen molar-refractivity contribution in [2.75, 3.05) is 7.05 Å². The molecule has 5 heteroatoms. The van der Waals surface area contributed by atoms with Crippen LogP contribution in [0, 0.1) is 6.92 Å². The van der Waals surface area contributed by atoms with E-state index in [0.717, 1.165) is 16.6 Å². The minimum absolute atomic E-state index is 0.0656. The number of aromatic nitrogens is 2. The van der Waals surface area contributed by atoms with E-state index in [9.17, 15) is 4.79 Å². The van der Waals surface area contributed by atoms with Crippen molar-refractivity contribution >= 4 is 22.4 Å². The Bertz CT molecular complexity index is 904. The maximum Gasteiger partial charge on any atom is 0.275 e. The van der Waals surface area contributed by atoms with Crippen LogP contribution in [-0.2, 0) is 13.2 Å². The van der Waals surface area contributed by atoms with E-state index in [-0.39, 0.29) is 5.56 Å². The Hall–Kier alpha value is -2.17. The first-order valence-electron chi connectivity index (χ1n) is 7.44. The first kappa shape index (κ1) is 15.7. The van der Waals surface area contributed by atoms with E-state index >= 15 is 0 Å². The minimum atomic E-state index is -0.0656. The SMILES string of the molecule is Cc1nn(CN(C)Cc2cccc(Cl)c2)c(=O)c2ccccc12. The molecule has 0 N–H and O–H groups in total. The summed E-state index contributed by atoms with van der Waals surface area (Å²) in [6.07, 6.45) is 0. The molecule has 0 saturated heterocycles. The molecule has 0 bridgehead atoms. The van der Waals surface area contributed by atoms with Crippen molar-refractivity contribution in [2.24, 2.45) is 0 Å². The number of rotatable bonds is 4. The third-order valence-electron chi connectivity index (χ3n) is 3.77. The summed E-state index contributed by atoms with van der Waals surface area (Å²) in [4.78, 5) is 14.6. The van der Waals surface area contributed by atoms with Gasteiger partial charge in [0.05, 0.1) is 17.7 Å². The van der Waals surface area contributed by atoms with Gasteiger partial charge in [0, 0.05) is 17.0 Å². The standard InChI is InChI=1S/C18H18ClN3O/c1-13-16-8-3-4-9-17(16)18(23)22(20-13)12-21(2)11-14-6-5-7-15(19)10-14/h3-10H,11-12H2,1-2H3. The predicted molar refractivity (Wildman–Crippen MR) is 93.7 cm³/mol. The summed E-state index contributed by atoms with van der Waals surface area (Å²) in [5, 5.41) is 6.77. The molecule has 0 amide bonds. The number of hydrogen-bond acceptors (Lipinski definition) is 3. The van der Waals surface area contributed by atoms with Gasteiger partial charge in [0.25, 0.3) is 5.56 Å². The monoisotopic (exact) mass is 327 g/mol. The fourth-order valence-electron chi connectivity index (χ4n) is 2.73. The normalized spacial score (nSPS) is 11.3. The Morgan fingerprint density at radius 1 is 1.13 bits per heavy atom. The van der Waals surface area contributed by atoms with Crippen molar-refractivity contribution in [1.29, 1.82) is 0 Å². The Balaban J connectivity index is 1.86. The third-order valence-corrected chi connectivity index (χ3v) is 4.00. The van der Waals surface area contributed by atoms with E-state index in [2.05, 4.69) is 5.10 Å². The van der Waals surface area contributed by atoms with Crippen LogP contribution in [0.25, 0.3) is 10.8 Å². The van der Waals surface area contributed by atoms with Crippen LogP contribution in [0.5, 0.6) is 0 Å². The van der Waals surface area contributed by atoms with Crippen LogP contribution in [0.1, 0.15) is 11.3 Å². The zero-order valence-electron chi connectivity index (χ0n) is 13.2. The zero-order valence-corrected chi connectivity index (χ0v) is 13.9. The average molecular weight is 328 g/mol. The average Bonchev–Trinajstić information content (AvgIpc) is 2.52. The topological polar surface area (TPSA) is 38.1 Å². The molecule has 0 spiro atoms. The molecule has 0 aliphatic rings. The molecular weight excluding hydrogens is 310 g/mol. The second kappa shape index (κ2) is 6.52. The number of aryl methyl sites for hydroxylation is 1. The quantitative estimate of drug-likeness (QED) is 0.736. The molecule has 3 rings (SSSR count). The molecule has 0 unspecified atom stereocenters. The first-order valence-corrected chi connectivity index (χ1v) is 7.82. The lowest BCUT2D eigenvalue weighted by molar-refractivity contribution is 0.240. The molecular formula is C18H18ClN3O. The fourth-order valence-corrected chi connectivity index (χ4v) is 2.94. The van der Waals surface area contributed by atoms with Gasteiger partial charge in [-0.3, -0.25) is 9.69 Å². The van der Waals surface area contributed by atoms with Gasteiger partial charge in [-0.1, -0.05) is 41.9 Å². The van der Waals surface area contributed by atoms with Gasteiger partial charge in [-0.2, -0.15) is 5.10 Å². The van der Waals surface area contributed by atoms with E-state index < -0.39 is 0 Å². The van der Waals surface area contributed by atoms with Crippen LogP contribution in [0.15, 0.2) is 53.3 Å². The van der Waals surface area contributed by atoms with E-state index in [1.54, 1.807) is 0 Å². The summed E-state index contributed by atoms with van der Waals surface area (Å²) in [5.74, 6) is 0. The van der Waals surface area contributed by atoms with Crippen molar-refractivity contribution in [3.8, 4) is 0 Å². The Morgan fingerprint density at radius 2 is 1.87 bits per heavy atom. The van der Waals surface area contributed by atoms with Crippen LogP contribution < -0.4 is 5.56 Å². The molecule has 23 heavy (non-hydrogen) atoms. The highest BCUT2D eigenvalue weighted by Gasteiger charge is 2.09. The smallest absolute Gasteiger partial charge is 0.275 e. The number of nitrogens with zero attached hydrogens (tertiary/aromatic N) is 3. The number of fused-ring (bicyclic) bond motifs is 1. The van der Waals surface area contributed by atoms with E-state index in [0.29, 0.717) is 23.6 Å². The van der Waals surface area contributed by atoms with Gasteiger partial charge in [-0.15, -0.1) is 0 Å². The molecule has 1 heterocycles. The van der Waals surface area contributed by atoms with Gasteiger partial charge < -0.3 is 0 Å². The van der Waals surface area contributed by atoms with Gasteiger partial charge in [0.1, 0.15) is 0 Å². The Kier molecular flexibility index (Phi) is 4.46. The highest BCUT2D eigenvalue weighted by molar-refractivity contribution is 6.30. The second-order valence-electron chi connectivity index (χ2n) is 5.72. The van der Waals surface area contributed by atoms with Gasteiger partial charge in [-0.25, -0.2) is 4.68 Å². The number of benzene rings is 2. The molecule has 0 radical (unpaired) electrons. The van der Waals surface area contributed by atoms with Crippen LogP contribution in [0.4, 0.5) is 0 Å². The summed E-state index contributed by atoms with van der Waals surface area (Å²) in [6, 6.07) is 15.3. The van der Waals surface area contributed by atoms with E-state index in [1.807, 2.05) is 67.4 Å². The predicted octanol–water partition coefficient (Wildman–Crippen LogP) is 3.45. The summed E-state index contributed by atoms with van der Waals surface area (Å²) < 4.78 is 1.52. The second-order valence-corrected chi connectivity index (χ2v) is 6.16. The van der Waals surface area contributed by atoms with Gasteiger partial charge >= 0.3 is 0 Å². The zero-order chi connectivity index (χ0) is 16.4. The van der Waals surface area contributed by atoms with E-state index in [4.69, 9.17) is 11.6 Å². The number of halogens is 1. The molecule has 0 aliphatic heterocycles. The third kappa shape index (κ3) is 3.44. The Labute approximate surface area is 139 Å². The van der Waals surface area contributed by atoms with Gasteiger partial charge in [-0.05, 0) is 37.7 Å². The van der Waals surface area contributed by atoms with E-state index in [1.165, 1.54) is 4.68 Å². The molecule has 0 fully saturated rings. The van der Waals surface area contributed by atoms with Crippen LogP contribution >= 0.6 is 11.6 Å². The van der Waals surface area contributed by atoms with Crippen molar-refractivity contribution in [2.45, 2.75) is 20.1 Å². The highest BCUT2D eigenvalue weighted by atomic mass is 35.5.